The fourth-order valence-electron chi connectivity index (χ4n) is 4.09. The Hall–Kier alpha value is -2.07. The molecule has 0 aliphatic heterocycles. The molecule has 0 fully saturated rings. The van der Waals surface area contributed by atoms with Crippen molar-refractivity contribution in [3.05, 3.63) is 48.0 Å². The summed E-state index contributed by atoms with van der Waals surface area (Å²) in [5.41, 5.74) is 1.14. The van der Waals surface area contributed by atoms with Gasteiger partial charge in [0.2, 0.25) is 0 Å². The number of nitrogens with one attached hydrogen (secondary N) is 1. The van der Waals surface area contributed by atoms with Crippen LogP contribution in [0, 0.1) is 5.92 Å². The van der Waals surface area contributed by atoms with Gasteiger partial charge in [0.15, 0.2) is 0 Å². The SMILES string of the molecule is CCOC(=O)NCC(CCN(CC)CC)(c1cccc2ccccc12)C(C)C. The number of ether oxygens (including phenoxy) is 1. The van der Waals surface area contributed by atoms with Crippen LogP contribution in [0.5, 0.6) is 0 Å². The molecule has 0 aliphatic rings. The summed E-state index contributed by atoms with van der Waals surface area (Å²) in [6.07, 6.45) is 0.642. The van der Waals surface area contributed by atoms with Gasteiger partial charge in [0.25, 0.3) is 0 Å². The van der Waals surface area contributed by atoms with E-state index in [0.717, 1.165) is 26.1 Å². The second-order valence-electron chi connectivity index (χ2n) is 7.69. The molecule has 4 heteroatoms. The molecule has 0 aliphatic carbocycles. The minimum atomic E-state index is -0.337. The lowest BCUT2D eigenvalue weighted by Crippen LogP contribution is -2.47. The number of fused-ring (bicyclic) bond motifs is 1. The largest absolute Gasteiger partial charge is 0.450 e. The summed E-state index contributed by atoms with van der Waals surface area (Å²) in [7, 11) is 0. The maximum Gasteiger partial charge on any atom is 0.407 e. The predicted molar refractivity (Wildman–Crippen MR) is 118 cm³/mol. The molecule has 0 heterocycles. The molecule has 2 rings (SSSR count). The topological polar surface area (TPSA) is 41.6 Å². The van der Waals surface area contributed by atoms with Crippen molar-refractivity contribution in [2.75, 3.05) is 32.8 Å². The molecule has 0 saturated heterocycles. The highest BCUT2D eigenvalue weighted by Gasteiger charge is 2.37. The van der Waals surface area contributed by atoms with E-state index in [1.807, 2.05) is 6.92 Å². The first-order valence-corrected chi connectivity index (χ1v) is 10.6. The van der Waals surface area contributed by atoms with E-state index >= 15 is 0 Å². The quantitative estimate of drug-likeness (QED) is 0.611. The highest BCUT2D eigenvalue weighted by molar-refractivity contribution is 5.86. The van der Waals surface area contributed by atoms with Gasteiger partial charge in [0.05, 0.1) is 6.61 Å². The molecular weight excluding hydrogens is 348 g/mol. The van der Waals surface area contributed by atoms with Crippen molar-refractivity contribution < 1.29 is 9.53 Å². The smallest absolute Gasteiger partial charge is 0.407 e. The summed E-state index contributed by atoms with van der Waals surface area (Å²) in [4.78, 5) is 14.6. The van der Waals surface area contributed by atoms with Crippen LogP contribution < -0.4 is 5.32 Å². The van der Waals surface area contributed by atoms with Crippen LogP contribution in [-0.4, -0.2) is 43.8 Å². The lowest BCUT2D eigenvalue weighted by atomic mass is 9.67. The zero-order valence-electron chi connectivity index (χ0n) is 18.1. The monoisotopic (exact) mass is 384 g/mol. The van der Waals surface area contributed by atoms with Crippen LogP contribution in [0.25, 0.3) is 10.8 Å². The van der Waals surface area contributed by atoms with Crippen molar-refractivity contribution in [2.24, 2.45) is 5.92 Å². The summed E-state index contributed by atoms with van der Waals surface area (Å²) < 4.78 is 5.15. The molecule has 28 heavy (non-hydrogen) atoms. The zero-order valence-corrected chi connectivity index (χ0v) is 18.1. The van der Waals surface area contributed by atoms with Crippen LogP contribution in [0.15, 0.2) is 42.5 Å². The molecule has 0 aromatic heterocycles. The molecule has 0 radical (unpaired) electrons. The first-order valence-electron chi connectivity index (χ1n) is 10.6. The van der Waals surface area contributed by atoms with Crippen molar-refractivity contribution in [3.8, 4) is 0 Å². The van der Waals surface area contributed by atoms with Crippen LogP contribution in [0.2, 0.25) is 0 Å². The van der Waals surface area contributed by atoms with Crippen LogP contribution in [0.1, 0.15) is 46.6 Å². The number of alkyl carbamates (subject to hydrolysis) is 1. The van der Waals surface area contributed by atoms with Crippen molar-refractivity contribution >= 4 is 16.9 Å². The fraction of sp³-hybridized carbons (Fsp3) is 0.542. The van der Waals surface area contributed by atoms with E-state index in [4.69, 9.17) is 4.74 Å². The molecule has 2 aromatic rings. The number of carbonyl (C=O) groups is 1. The molecule has 0 spiro atoms. The number of benzene rings is 2. The van der Waals surface area contributed by atoms with Crippen molar-refractivity contribution in [1.82, 2.24) is 10.2 Å². The van der Waals surface area contributed by atoms with Crippen LogP contribution >= 0.6 is 0 Å². The molecule has 1 unspecified atom stereocenters. The number of carbonyl (C=O) groups excluding carboxylic acids is 1. The van der Waals surface area contributed by atoms with E-state index in [1.165, 1.54) is 16.3 Å². The molecule has 1 N–H and O–H groups in total. The van der Waals surface area contributed by atoms with Crippen molar-refractivity contribution in [2.45, 2.75) is 46.5 Å². The third-order valence-electron chi connectivity index (χ3n) is 6.02. The Labute approximate surface area is 170 Å². The van der Waals surface area contributed by atoms with Gasteiger partial charge in [-0.2, -0.15) is 0 Å². The number of hydrogen-bond acceptors (Lipinski definition) is 3. The number of rotatable bonds is 10. The van der Waals surface area contributed by atoms with Gasteiger partial charge in [0.1, 0.15) is 0 Å². The summed E-state index contributed by atoms with van der Waals surface area (Å²) in [5.74, 6) is 0.357. The van der Waals surface area contributed by atoms with Crippen molar-refractivity contribution in [3.63, 3.8) is 0 Å². The maximum absolute atomic E-state index is 12.1. The average Bonchev–Trinajstić information content (AvgIpc) is 2.70. The Morgan fingerprint density at radius 2 is 1.75 bits per heavy atom. The molecule has 1 atom stereocenters. The zero-order chi connectivity index (χ0) is 20.6. The van der Waals surface area contributed by atoms with Gasteiger partial charge in [-0.05, 0) is 55.2 Å². The van der Waals surface area contributed by atoms with Gasteiger partial charge >= 0.3 is 6.09 Å². The second-order valence-corrected chi connectivity index (χ2v) is 7.69. The highest BCUT2D eigenvalue weighted by Crippen LogP contribution is 2.39. The molecule has 4 nitrogen and oxygen atoms in total. The molecule has 2 aromatic carbocycles. The van der Waals surface area contributed by atoms with Gasteiger partial charge in [-0.25, -0.2) is 4.79 Å². The van der Waals surface area contributed by atoms with E-state index in [1.54, 1.807) is 0 Å². The van der Waals surface area contributed by atoms with E-state index in [9.17, 15) is 4.79 Å². The maximum atomic E-state index is 12.1. The Bertz CT molecular complexity index is 750. The third kappa shape index (κ3) is 5.05. The molecule has 154 valence electrons. The lowest BCUT2D eigenvalue weighted by molar-refractivity contribution is 0.143. The first-order chi connectivity index (χ1) is 13.5. The first kappa shape index (κ1) is 22.2. The van der Waals surface area contributed by atoms with Crippen LogP contribution in [0.4, 0.5) is 4.79 Å². The molecule has 1 amide bonds. The van der Waals surface area contributed by atoms with Crippen molar-refractivity contribution in [1.29, 1.82) is 0 Å². The molecule has 0 saturated carbocycles. The van der Waals surface area contributed by atoms with Crippen LogP contribution in [-0.2, 0) is 10.2 Å². The Morgan fingerprint density at radius 3 is 2.39 bits per heavy atom. The van der Waals surface area contributed by atoms with Crippen LogP contribution in [0.3, 0.4) is 0 Å². The van der Waals surface area contributed by atoms with Gasteiger partial charge in [-0.15, -0.1) is 0 Å². The van der Waals surface area contributed by atoms with E-state index < -0.39 is 0 Å². The number of nitrogens with zero attached hydrogens (tertiary/aromatic N) is 1. The molecular formula is C24H36N2O2. The summed E-state index contributed by atoms with van der Waals surface area (Å²) in [6.45, 7) is 14.8. The minimum absolute atomic E-state index is 0.170. The number of amides is 1. The van der Waals surface area contributed by atoms with E-state index in [2.05, 4.69) is 80.4 Å². The second kappa shape index (κ2) is 10.5. The van der Waals surface area contributed by atoms with Gasteiger partial charge < -0.3 is 15.0 Å². The highest BCUT2D eigenvalue weighted by atomic mass is 16.5. The Morgan fingerprint density at radius 1 is 1.07 bits per heavy atom. The van der Waals surface area contributed by atoms with E-state index in [0.29, 0.717) is 19.1 Å². The minimum Gasteiger partial charge on any atom is -0.450 e. The third-order valence-corrected chi connectivity index (χ3v) is 6.02. The Kier molecular flexibility index (Phi) is 8.31. The summed E-state index contributed by atoms with van der Waals surface area (Å²) >= 11 is 0. The predicted octanol–water partition coefficient (Wildman–Crippen LogP) is 5.21. The standard InChI is InChI=1S/C24H36N2O2/c1-6-26(7-2)17-16-24(19(4)5,18-25-23(27)28-8-3)22-15-11-13-20-12-9-10-14-21(20)22/h9-15,19H,6-8,16-18H2,1-5H3,(H,25,27). The van der Waals surface area contributed by atoms with Gasteiger partial charge in [-0.3, -0.25) is 0 Å². The summed E-state index contributed by atoms with van der Waals surface area (Å²) in [6, 6.07) is 15.1. The fourth-order valence-corrected chi connectivity index (χ4v) is 4.09. The summed E-state index contributed by atoms with van der Waals surface area (Å²) in [5, 5.41) is 5.56. The molecule has 0 bridgehead atoms. The average molecular weight is 385 g/mol. The Balaban J connectivity index is 2.49. The number of hydrogen-bond donors (Lipinski definition) is 1. The van der Waals surface area contributed by atoms with Gasteiger partial charge in [0, 0.05) is 12.0 Å². The lowest BCUT2D eigenvalue weighted by Gasteiger charge is -2.40. The normalized spacial score (nSPS) is 13.7. The van der Waals surface area contributed by atoms with E-state index in [-0.39, 0.29) is 11.5 Å². The van der Waals surface area contributed by atoms with Gasteiger partial charge in [-0.1, -0.05) is 70.2 Å².